The summed E-state index contributed by atoms with van der Waals surface area (Å²) in [5, 5.41) is 5.76. The lowest BCUT2D eigenvalue weighted by atomic mass is 10.2. The minimum Gasteiger partial charge on any atom is -0.497 e. The fourth-order valence-electron chi connectivity index (χ4n) is 2.68. The van der Waals surface area contributed by atoms with E-state index in [1.807, 2.05) is 30.3 Å². The first kappa shape index (κ1) is 21.1. The van der Waals surface area contributed by atoms with Crippen molar-refractivity contribution in [3.63, 3.8) is 0 Å². The Morgan fingerprint density at radius 3 is 2.27 bits per heavy atom. The number of hydrogen-bond donors (Lipinski definition) is 2. The molecule has 6 nitrogen and oxygen atoms in total. The second-order valence-electron chi connectivity index (χ2n) is 6.27. The molecule has 0 saturated carbocycles. The van der Waals surface area contributed by atoms with E-state index < -0.39 is 0 Å². The van der Waals surface area contributed by atoms with Crippen LogP contribution in [0, 0.1) is 0 Å². The van der Waals surface area contributed by atoms with Gasteiger partial charge in [0, 0.05) is 11.6 Å². The van der Waals surface area contributed by atoms with Crippen LogP contribution >= 0.6 is 12.2 Å². The molecule has 0 heterocycles. The molecule has 0 aliphatic heterocycles. The smallest absolute Gasteiger partial charge is 0.257 e. The van der Waals surface area contributed by atoms with E-state index in [0.717, 1.165) is 5.56 Å². The highest BCUT2D eigenvalue weighted by molar-refractivity contribution is 7.80. The van der Waals surface area contributed by atoms with Crippen LogP contribution in [0.15, 0.2) is 72.8 Å². The fourth-order valence-corrected chi connectivity index (χ4v) is 2.89. The summed E-state index contributed by atoms with van der Waals surface area (Å²) in [4.78, 5) is 12.5. The van der Waals surface area contributed by atoms with Crippen molar-refractivity contribution in [2.24, 2.45) is 0 Å². The van der Waals surface area contributed by atoms with Crippen LogP contribution in [0.3, 0.4) is 0 Å². The number of benzene rings is 3. The van der Waals surface area contributed by atoms with Gasteiger partial charge in [0.25, 0.3) is 5.91 Å². The number of methoxy groups -OCH3 is 2. The summed E-state index contributed by atoms with van der Waals surface area (Å²) in [6, 6.07) is 22.0. The van der Waals surface area contributed by atoms with Gasteiger partial charge < -0.3 is 19.5 Å². The predicted octanol–water partition coefficient (Wildman–Crippen LogP) is 4.41. The summed E-state index contributed by atoms with van der Waals surface area (Å²) in [6.07, 6.45) is 0. The first-order valence-corrected chi connectivity index (χ1v) is 9.61. The molecular weight excluding hydrogens is 400 g/mol. The number of carbonyl (C=O) groups excluding carboxylic acids is 1. The fraction of sp³-hybridized carbons (Fsp3) is 0.130. The third-order valence-electron chi connectivity index (χ3n) is 4.25. The standard InChI is InChI=1S/C23H22N2O4S/c1-27-19-12-13-21(28-2)20(14-19)24-23(30)25-22(26)17-8-10-18(11-9-17)29-15-16-6-4-3-5-7-16/h3-14H,15H2,1-2H3,(H2,24,25,26,30). The van der Waals surface area contributed by atoms with E-state index in [4.69, 9.17) is 26.4 Å². The Morgan fingerprint density at radius 2 is 1.60 bits per heavy atom. The molecule has 0 atom stereocenters. The summed E-state index contributed by atoms with van der Waals surface area (Å²) in [5.74, 6) is 1.56. The molecule has 1 amide bonds. The Hall–Kier alpha value is -3.58. The number of rotatable bonds is 7. The number of nitrogens with one attached hydrogen (secondary N) is 2. The molecule has 0 unspecified atom stereocenters. The molecule has 3 rings (SSSR count). The van der Waals surface area contributed by atoms with Gasteiger partial charge in [0.05, 0.1) is 19.9 Å². The molecule has 0 bridgehead atoms. The van der Waals surface area contributed by atoms with Crippen molar-refractivity contribution in [3.05, 3.63) is 83.9 Å². The topological polar surface area (TPSA) is 68.8 Å². The van der Waals surface area contributed by atoms with Crippen molar-refractivity contribution < 1.29 is 19.0 Å². The first-order valence-electron chi connectivity index (χ1n) is 9.20. The molecule has 30 heavy (non-hydrogen) atoms. The zero-order valence-corrected chi connectivity index (χ0v) is 17.5. The van der Waals surface area contributed by atoms with Crippen LogP contribution in [0.2, 0.25) is 0 Å². The molecule has 3 aromatic rings. The van der Waals surface area contributed by atoms with Gasteiger partial charge in [-0.1, -0.05) is 30.3 Å². The van der Waals surface area contributed by atoms with Gasteiger partial charge in [-0.05, 0) is 54.2 Å². The van der Waals surface area contributed by atoms with E-state index in [0.29, 0.717) is 35.1 Å². The molecule has 0 fully saturated rings. The molecule has 0 aliphatic rings. The highest BCUT2D eigenvalue weighted by atomic mass is 32.1. The van der Waals surface area contributed by atoms with Gasteiger partial charge in [0.2, 0.25) is 0 Å². The Balaban J connectivity index is 1.57. The lowest BCUT2D eigenvalue weighted by Gasteiger charge is -2.14. The first-order chi connectivity index (χ1) is 14.6. The highest BCUT2D eigenvalue weighted by Gasteiger charge is 2.11. The number of thiocarbonyl (C=S) groups is 1. The normalized spacial score (nSPS) is 10.1. The summed E-state index contributed by atoms with van der Waals surface area (Å²) >= 11 is 5.26. The predicted molar refractivity (Wildman–Crippen MR) is 120 cm³/mol. The van der Waals surface area contributed by atoms with E-state index in [9.17, 15) is 4.79 Å². The van der Waals surface area contributed by atoms with Crippen LogP contribution < -0.4 is 24.8 Å². The zero-order valence-electron chi connectivity index (χ0n) is 16.7. The van der Waals surface area contributed by atoms with Gasteiger partial charge in [0.1, 0.15) is 23.9 Å². The highest BCUT2D eigenvalue weighted by Crippen LogP contribution is 2.28. The van der Waals surface area contributed by atoms with Crippen LogP contribution in [0.5, 0.6) is 17.2 Å². The summed E-state index contributed by atoms with van der Waals surface area (Å²) in [6.45, 7) is 0.461. The minimum atomic E-state index is -0.330. The monoisotopic (exact) mass is 422 g/mol. The van der Waals surface area contributed by atoms with Crippen LogP contribution in [0.1, 0.15) is 15.9 Å². The Kier molecular flexibility index (Phi) is 7.24. The van der Waals surface area contributed by atoms with Crippen molar-refractivity contribution >= 4 is 28.9 Å². The maximum absolute atomic E-state index is 12.5. The number of ether oxygens (including phenoxy) is 3. The lowest BCUT2D eigenvalue weighted by Crippen LogP contribution is -2.34. The third kappa shape index (κ3) is 5.71. The molecule has 3 aromatic carbocycles. The summed E-state index contributed by atoms with van der Waals surface area (Å²) in [5.41, 5.74) is 2.12. The Bertz CT molecular complexity index is 1010. The van der Waals surface area contributed by atoms with Gasteiger partial charge in [0.15, 0.2) is 5.11 Å². The second-order valence-corrected chi connectivity index (χ2v) is 6.68. The molecule has 2 N–H and O–H groups in total. The SMILES string of the molecule is COc1ccc(OC)c(NC(=S)NC(=O)c2ccc(OCc3ccccc3)cc2)c1. The van der Waals surface area contributed by atoms with E-state index >= 15 is 0 Å². The number of anilines is 1. The van der Waals surface area contributed by atoms with Crippen molar-refractivity contribution in [2.75, 3.05) is 19.5 Å². The molecule has 0 aliphatic carbocycles. The number of amides is 1. The maximum atomic E-state index is 12.5. The van der Waals surface area contributed by atoms with Crippen molar-refractivity contribution in [3.8, 4) is 17.2 Å². The molecular formula is C23H22N2O4S. The lowest BCUT2D eigenvalue weighted by molar-refractivity contribution is 0.0977. The average Bonchev–Trinajstić information content (AvgIpc) is 2.78. The van der Waals surface area contributed by atoms with E-state index in [1.54, 1.807) is 56.7 Å². The summed E-state index contributed by atoms with van der Waals surface area (Å²) in [7, 11) is 3.12. The largest absolute Gasteiger partial charge is 0.497 e. The molecule has 154 valence electrons. The molecule has 7 heteroatoms. The van der Waals surface area contributed by atoms with Crippen molar-refractivity contribution in [1.29, 1.82) is 0 Å². The van der Waals surface area contributed by atoms with Gasteiger partial charge in [-0.2, -0.15) is 0 Å². The zero-order chi connectivity index (χ0) is 21.3. The molecule has 0 radical (unpaired) electrons. The van der Waals surface area contributed by atoms with Gasteiger partial charge in [-0.3, -0.25) is 10.1 Å². The molecule has 0 saturated heterocycles. The van der Waals surface area contributed by atoms with Crippen LogP contribution in [0.4, 0.5) is 5.69 Å². The van der Waals surface area contributed by atoms with Gasteiger partial charge >= 0.3 is 0 Å². The average molecular weight is 423 g/mol. The van der Waals surface area contributed by atoms with Crippen molar-refractivity contribution in [1.82, 2.24) is 5.32 Å². The van der Waals surface area contributed by atoms with Gasteiger partial charge in [-0.25, -0.2) is 0 Å². The quantitative estimate of drug-likeness (QED) is 0.550. The van der Waals surface area contributed by atoms with E-state index in [-0.39, 0.29) is 11.0 Å². The van der Waals surface area contributed by atoms with Gasteiger partial charge in [-0.15, -0.1) is 0 Å². The van der Waals surface area contributed by atoms with Crippen LogP contribution in [-0.4, -0.2) is 25.2 Å². The maximum Gasteiger partial charge on any atom is 0.257 e. The second kappa shape index (κ2) is 10.3. The number of carbonyl (C=O) groups is 1. The molecule has 0 aromatic heterocycles. The molecule has 0 spiro atoms. The number of hydrogen-bond acceptors (Lipinski definition) is 5. The van der Waals surface area contributed by atoms with Crippen molar-refractivity contribution in [2.45, 2.75) is 6.61 Å². The summed E-state index contributed by atoms with van der Waals surface area (Å²) < 4.78 is 16.2. The Labute approximate surface area is 180 Å². The Morgan fingerprint density at radius 1 is 0.900 bits per heavy atom. The van der Waals surface area contributed by atoms with Crippen LogP contribution in [0.25, 0.3) is 0 Å². The van der Waals surface area contributed by atoms with E-state index in [1.165, 1.54) is 0 Å². The third-order valence-corrected chi connectivity index (χ3v) is 4.45. The van der Waals surface area contributed by atoms with Crippen LogP contribution in [-0.2, 0) is 6.61 Å². The minimum absolute atomic E-state index is 0.149. The van der Waals surface area contributed by atoms with E-state index in [2.05, 4.69) is 10.6 Å².